The molecule has 0 amide bonds. The molecule has 2 atom stereocenters. The zero-order chi connectivity index (χ0) is 13.5. The van der Waals surface area contributed by atoms with E-state index in [2.05, 4.69) is 30.4 Å². The smallest absolute Gasteiger partial charge is 0.124 e. The Morgan fingerprint density at radius 1 is 1.42 bits per heavy atom. The van der Waals surface area contributed by atoms with E-state index in [-0.39, 0.29) is 0 Å². The van der Waals surface area contributed by atoms with Gasteiger partial charge in [-0.05, 0) is 32.4 Å². The van der Waals surface area contributed by atoms with Crippen molar-refractivity contribution in [2.45, 2.75) is 44.8 Å². The second-order valence-electron chi connectivity index (χ2n) is 5.06. The van der Waals surface area contributed by atoms with Gasteiger partial charge in [0.05, 0.1) is 12.7 Å². The number of benzene rings is 1. The summed E-state index contributed by atoms with van der Waals surface area (Å²) >= 11 is 0. The van der Waals surface area contributed by atoms with Crippen molar-refractivity contribution in [3.63, 3.8) is 0 Å². The van der Waals surface area contributed by atoms with Gasteiger partial charge in [0.15, 0.2) is 0 Å². The van der Waals surface area contributed by atoms with Crippen molar-refractivity contribution in [2.24, 2.45) is 0 Å². The SMILES string of the molecule is CCC(NC)c1ccccc1OCCC1CCCO1. The molecule has 0 aromatic heterocycles. The first-order valence-corrected chi connectivity index (χ1v) is 7.35. The maximum Gasteiger partial charge on any atom is 0.124 e. The maximum atomic E-state index is 5.96. The van der Waals surface area contributed by atoms with E-state index in [0.29, 0.717) is 12.1 Å². The fraction of sp³-hybridized carbons (Fsp3) is 0.625. The summed E-state index contributed by atoms with van der Waals surface area (Å²) in [5.74, 6) is 1.00. The Hall–Kier alpha value is -1.06. The molecule has 2 rings (SSSR count). The molecule has 1 heterocycles. The molecule has 0 radical (unpaired) electrons. The Labute approximate surface area is 116 Å². The Bertz CT molecular complexity index is 371. The first kappa shape index (κ1) is 14.4. The summed E-state index contributed by atoms with van der Waals surface area (Å²) in [5.41, 5.74) is 1.25. The minimum atomic E-state index is 0.360. The molecule has 19 heavy (non-hydrogen) atoms. The van der Waals surface area contributed by atoms with Crippen LogP contribution in [0.2, 0.25) is 0 Å². The van der Waals surface area contributed by atoms with Crippen LogP contribution in [-0.4, -0.2) is 26.4 Å². The molecule has 2 unspecified atom stereocenters. The van der Waals surface area contributed by atoms with E-state index >= 15 is 0 Å². The van der Waals surface area contributed by atoms with Crippen LogP contribution in [0, 0.1) is 0 Å². The Balaban J connectivity index is 1.91. The van der Waals surface area contributed by atoms with Crippen LogP contribution in [0.5, 0.6) is 5.75 Å². The van der Waals surface area contributed by atoms with E-state index in [1.807, 2.05) is 13.1 Å². The van der Waals surface area contributed by atoms with Crippen molar-refractivity contribution in [1.29, 1.82) is 0 Å². The van der Waals surface area contributed by atoms with Crippen molar-refractivity contribution in [3.8, 4) is 5.75 Å². The second kappa shape index (κ2) is 7.51. The van der Waals surface area contributed by atoms with Gasteiger partial charge >= 0.3 is 0 Å². The fourth-order valence-corrected chi connectivity index (χ4v) is 2.65. The molecule has 1 aromatic carbocycles. The molecule has 1 aliphatic rings. The van der Waals surface area contributed by atoms with Gasteiger partial charge in [0.1, 0.15) is 5.75 Å². The van der Waals surface area contributed by atoms with Crippen molar-refractivity contribution >= 4 is 0 Å². The predicted molar refractivity (Wildman–Crippen MR) is 77.6 cm³/mol. The van der Waals surface area contributed by atoms with Gasteiger partial charge in [-0.15, -0.1) is 0 Å². The first-order valence-electron chi connectivity index (χ1n) is 7.35. The highest BCUT2D eigenvalue weighted by Gasteiger charge is 2.16. The molecule has 0 bridgehead atoms. The monoisotopic (exact) mass is 263 g/mol. The van der Waals surface area contributed by atoms with E-state index in [1.165, 1.54) is 18.4 Å². The topological polar surface area (TPSA) is 30.5 Å². The van der Waals surface area contributed by atoms with Crippen LogP contribution in [0.25, 0.3) is 0 Å². The first-order chi connectivity index (χ1) is 9.35. The lowest BCUT2D eigenvalue weighted by Crippen LogP contribution is -2.17. The quantitative estimate of drug-likeness (QED) is 0.818. The Kier molecular flexibility index (Phi) is 5.67. The van der Waals surface area contributed by atoms with Crippen molar-refractivity contribution < 1.29 is 9.47 Å². The van der Waals surface area contributed by atoms with Crippen molar-refractivity contribution in [3.05, 3.63) is 29.8 Å². The lowest BCUT2D eigenvalue weighted by Gasteiger charge is -2.19. The number of hydrogen-bond acceptors (Lipinski definition) is 3. The number of hydrogen-bond donors (Lipinski definition) is 1. The van der Waals surface area contributed by atoms with Gasteiger partial charge in [0, 0.05) is 24.6 Å². The third kappa shape index (κ3) is 3.95. The summed E-state index contributed by atoms with van der Waals surface area (Å²) in [6.45, 7) is 3.84. The summed E-state index contributed by atoms with van der Waals surface area (Å²) in [6, 6.07) is 8.67. The molecule has 0 aliphatic carbocycles. The van der Waals surface area contributed by atoms with Gasteiger partial charge in [0.2, 0.25) is 0 Å². The summed E-state index contributed by atoms with van der Waals surface area (Å²) < 4.78 is 11.6. The number of para-hydroxylation sites is 1. The minimum absolute atomic E-state index is 0.360. The lowest BCUT2D eigenvalue weighted by atomic mass is 10.0. The molecule has 3 nitrogen and oxygen atoms in total. The van der Waals surface area contributed by atoms with Crippen LogP contribution >= 0.6 is 0 Å². The normalized spacial score (nSPS) is 20.4. The zero-order valence-electron chi connectivity index (χ0n) is 12.0. The number of nitrogens with one attached hydrogen (secondary N) is 1. The van der Waals surface area contributed by atoms with Gasteiger partial charge in [-0.1, -0.05) is 25.1 Å². The third-order valence-electron chi connectivity index (χ3n) is 3.77. The van der Waals surface area contributed by atoms with E-state index in [0.717, 1.165) is 31.8 Å². The number of ether oxygens (including phenoxy) is 2. The van der Waals surface area contributed by atoms with E-state index < -0.39 is 0 Å². The molecule has 3 heteroatoms. The lowest BCUT2D eigenvalue weighted by molar-refractivity contribution is 0.0901. The standard InChI is InChI=1S/C16H25NO2/c1-3-15(17-2)14-8-4-5-9-16(14)19-12-10-13-7-6-11-18-13/h4-5,8-9,13,15,17H,3,6-7,10-12H2,1-2H3. The summed E-state index contributed by atoms with van der Waals surface area (Å²) in [4.78, 5) is 0. The van der Waals surface area contributed by atoms with Gasteiger partial charge in [0.25, 0.3) is 0 Å². The summed E-state index contributed by atoms with van der Waals surface area (Å²) in [7, 11) is 2.00. The molecule has 1 N–H and O–H groups in total. The van der Waals surface area contributed by atoms with Crippen LogP contribution in [0.3, 0.4) is 0 Å². The highest BCUT2D eigenvalue weighted by molar-refractivity contribution is 5.35. The van der Waals surface area contributed by atoms with E-state index in [9.17, 15) is 0 Å². The summed E-state index contributed by atoms with van der Waals surface area (Å²) in [6.07, 6.45) is 4.82. The van der Waals surface area contributed by atoms with E-state index in [4.69, 9.17) is 9.47 Å². The van der Waals surface area contributed by atoms with Gasteiger partial charge < -0.3 is 14.8 Å². The largest absolute Gasteiger partial charge is 0.493 e. The van der Waals surface area contributed by atoms with Crippen molar-refractivity contribution in [1.82, 2.24) is 5.32 Å². The molecule has 1 saturated heterocycles. The number of rotatable bonds is 7. The van der Waals surface area contributed by atoms with Gasteiger partial charge in [-0.2, -0.15) is 0 Å². The average Bonchev–Trinajstić information content (AvgIpc) is 2.95. The molecule has 1 fully saturated rings. The minimum Gasteiger partial charge on any atom is -0.493 e. The highest BCUT2D eigenvalue weighted by atomic mass is 16.5. The summed E-state index contributed by atoms with van der Waals surface area (Å²) in [5, 5.41) is 3.34. The molecular weight excluding hydrogens is 238 g/mol. The zero-order valence-corrected chi connectivity index (χ0v) is 12.0. The van der Waals surface area contributed by atoms with Crippen LogP contribution in [0.4, 0.5) is 0 Å². The van der Waals surface area contributed by atoms with Crippen molar-refractivity contribution in [2.75, 3.05) is 20.3 Å². The Morgan fingerprint density at radius 2 is 2.26 bits per heavy atom. The highest BCUT2D eigenvalue weighted by Crippen LogP contribution is 2.27. The average molecular weight is 263 g/mol. The predicted octanol–water partition coefficient (Wildman–Crippen LogP) is 3.31. The maximum absolute atomic E-state index is 5.96. The third-order valence-corrected chi connectivity index (χ3v) is 3.77. The second-order valence-corrected chi connectivity index (χ2v) is 5.06. The molecule has 0 saturated carbocycles. The molecule has 1 aliphatic heterocycles. The van der Waals surface area contributed by atoms with Crippen LogP contribution < -0.4 is 10.1 Å². The molecule has 106 valence electrons. The van der Waals surface area contributed by atoms with Crippen LogP contribution in [0.15, 0.2) is 24.3 Å². The van der Waals surface area contributed by atoms with Gasteiger partial charge in [-0.3, -0.25) is 0 Å². The molecule has 0 spiro atoms. The Morgan fingerprint density at radius 3 is 2.95 bits per heavy atom. The van der Waals surface area contributed by atoms with Gasteiger partial charge in [-0.25, -0.2) is 0 Å². The molecule has 1 aromatic rings. The molecular formula is C16H25NO2. The van der Waals surface area contributed by atoms with E-state index in [1.54, 1.807) is 0 Å². The fourth-order valence-electron chi connectivity index (χ4n) is 2.65. The van der Waals surface area contributed by atoms with Crippen LogP contribution in [0.1, 0.15) is 44.2 Å². The van der Waals surface area contributed by atoms with Crippen LogP contribution in [-0.2, 0) is 4.74 Å².